The van der Waals surface area contributed by atoms with Gasteiger partial charge in [-0.3, -0.25) is 4.79 Å². The van der Waals surface area contributed by atoms with E-state index in [-0.39, 0.29) is 5.91 Å². The molecule has 2 heterocycles. The molecule has 0 unspecified atom stereocenters. The van der Waals surface area contributed by atoms with Crippen LogP contribution in [0.2, 0.25) is 0 Å². The number of hydrogen-bond donors (Lipinski definition) is 1. The number of benzene rings is 1. The molecule has 0 atom stereocenters. The normalized spacial score (nSPS) is 10.6. The van der Waals surface area contributed by atoms with Crippen LogP contribution in [0.25, 0.3) is 5.82 Å². The first-order chi connectivity index (χ1) is 11.6. The summed E-state index contributed by atoms with van der Waals surface area (Å²) >= 11 is 1.51. The number of pyridine rings is 1. The fraction of sp³-hybridized carbons (Fsp3) is 0.167. The molecule has 0 aliphatic carbocycles. The maximum absolute atomic E-state index is 12.0. The molecule has 3 aromatic rings. The Labute approximate surface area is 145 Å². The number of aryl methyl sites for hydroxylation is 2. The number of carbonyl (C=O) groups is 1. The zero-order chi connectivity index (χ0) is 16.9. The highest BCUT2D eigenvalue weighted by atomic mass is 32.2. The van der Waals surface area contributed by atoms with Gasteiger partial charge in [-0.05, 0) is 44.2 Å². The molecule has 6 heteroatoms. The van der Waals surface area contributed by atoms with Gasteiger partial charge in [-0.15, -0.1) is 11.8 Å². The molecular formula is C18H18N4OS. The Morgan fingerprint density at radius 2 is 1.96 bits per heavy atom. The van der Waals surface area contributed by atoms with Crippen LogP contribution >= 0.6 is 11.8 Å². The number of nitrogens with one attached hydrogen (secondary N) is 1. The van der Waals surface area contributed by atoms with Crippen LogP contribution in [0.5, 0.6) is 0 Å². The van der Waals surface area contributed by atoms with Crippen LogP contribution in [0.3, 0.4) is 0 Å². The number of hydrogen-bond acceptors (Lipinski definition) is 4. The van der Waals surface area contributed by atoms with E-state index in [9.17, 15) is 4.79 Å². The number of nitrogens with zero attached hydrogens (tertiary/aromatic N) is 3. The maximum Gasteiger partial charge on any atom is 0.234 e. The molecule has 0 saturated heterocycles. The van der Waals surface area contributed by atoms with Gasteiger partial charge in [-0.1, -0.05) is 18.2 Å². The van der Waals surface area contributed by atoms with Crippen LogP contribution < -0.4 is 5.32 Å². The van der Waals surface area contributed by atoms with E-state index >= 15 is 0 Å². The van der Waals surface area contributed by atoms with E-state index in [0.29, 0.717) is 11.4 Å². The van der Waals surface area contributed by atoms with Gasteiger partial charge in [0.2, 0.25) is 5.91 Å². The van der Waals surface area contributed by atoms with Crippen molar-refractivity contribution in [3.63, 3.8) is 0 Å². The zero-order valence-electron chi connectivity index (χ0n) is 13.6. The summed E-state index contributed by atoms with van der Waals surface area (Å²) in [5, 5.41) is 7.26. The van der Waals surface area contributed by atoms with Gasteiger partial charge in [-0.2, -0.15) is 5.10 Å². The monoisotopic (exact) mass is 338 g/mol. The predicted molar refractivity (Wildman–Crippen MR) is 96.6 cm³/mol. The van der Waals surface area contributed by atoms with Crippen molar-refractivity contribution in [3.05, 3.63) is 66.1 Å². The first-order valence-electron chi connectivity index (χ1n) is 7.59. The van der Waals surface area contributed by atoms with Gasteiger partial charge in [0, 0.05) is 10.6 Å². The second-order valence-corrected chi connectivity index (χ2v) is 6.44. The fourth-order valence-corrected chi connectivity index (χ4v) is 3.03. The standard InChI is InChI=1S/C18H18N4OS/c1-13-10-14(2)22(21-13)17-9-8-15(11-19-17)20-18(23)12-24-16-6-4-3-5-7-16/h3-11H,12H2,1-2H3,(H,20,23). The van der Waals surface area contributed by atoms with Gasteiger partial charge >= 0.3 is 0 Å². The van der Waals surface area contributed by atoms with E-state index < -0.39 is 0 Å². The summed E-state index contributed by atoms with van der Waals surface area (Å²) in [6.45, 7) is 3.93. The maximum atomic E-state index is 12.0. The molecule has 3 rings (SSSR count). The second-order valence-electron chi connectivity index (χ2n) is 5.39. The number of rotatable bonds is 5. The molecule has 0 aliphatic heterocycles. The van der Waals surface area contributed by atoms with Gasteiger partial charge in [0.25, 0.3) is 0 Å². The lowest BCUT2D eigenvalue weighted by Crippen LogP contribution is -2.14. The Hall–Kier alpha value is -2.60. The lowest BCUT2D eigenvalue weighted by Gasteiger charge is -2.07. The quantitative estimate of drug-likeness (QED) is 0.722. The number of carbonyl (C=O) groups excluding carboxylic acids is 1. The lowest BCUT2D eigenvalue weighted by molar-refractivity contribution is -0.113. The van der Waals surface area contributed by atoms with Crippen LogP contribution in [0.4, 0.5) is 5.69 Å². The van der Waals surface area contributed by atoms with Gasteiger partial charge in [-0.25, -0.2) is 9.67 Å². The molecule has 2 aromatic heterocycles. The van der Waals surface area contributed by atoms with E-state index in [1.165, 1.54) is 11.8 Å². The van der Waals surface area contributed by atoms with Gasteiger partial charge in [0.05, 0.1) is 23.3 Å². The van der Waals surface area contributed by atoms with E-state index in [4.69, 9.17) is 0 Å². The molecule has 0 fully saturated rings. The summed E-state index contributed by atoms with van der Waals surface area (Å²) in [6, 6.07) is 15.5. The Bertz CT molecular complexity index is 828. The number of aromatic nitrogens is 3. The van der Waals surface area contributed by atoms with Gasteiger partial charge in [0.1, 0.15) is 0 Å². The first kappa shape index (κ1) is 16.3. The van der Waals surface area contributed by atoms with E-state index in [1.54, 1.807) is 10.9 Å². The lowest BCUT2D eigenvalue weighted by atomic mass is 10.4. The third-order valence-electron chi connectivity index (χ3n) is 3.37. The summed E-state index contributed by atoms with van der Waals surface area (Å²) < 4.78 is 1.78. The summed E-state index contributed by atoms with van der Waals surface area (Å²) in [7, 11) is 0. The highest BCUT2D eigenvalue weighted by Crippen LogP contribution is 2.18. The molecule has 0 saturated carbocycles. The van der Waals surface area contributed by atoms with E-state index in [1.807, 2.05) is 62.4 Å². The molecule has 0 radical (unpaired) electrons. The smallest absolute Gasteiger partial charge is 0.234 e. The fourth-order valence-electron chi connectivity index (χ4n) is 2.31. The van der Waals surface area contributed by atoms with Crippen LogP contribution in [0.15, 0.2) is 59.6 Å². The highest BCUT2D eigenvalue weighted by Gasteiger charge is 2.07. The summed E-state index contributed by atoms with van der Waals surface area (Å²) in [6.07, 6.45) is 1.65. The third-order valence-corrected chi connectivity index (χ3v) is 4.38. The number of anilines is 1. The molecule has 0 bridgehead atoms. The summed E-state index contributed by atoms with van der Waals surface area (Å²) in [5.74, 6) is 1.05. The van der Waals surface area contributed by atoms with Crippen LogP contribution in [-0.4, -0.2) is 26.4 Å². The molecule has 122 valence electrons. The summed E-state index contributed by atoms with van der Waals surface area (Å²) in [5.41, 5.74) is 2.65. The van der Waals surface area contributed by atoms with Crippen molar-refractivity contribution in [1.82, 2.24) is 14.8 Å². The van der Waals surface area contributed by atoms with Gasteiger partial charge < -0.3 is 5.32 Å². The third kappa shape index (κ3) is 4.02. The minimum atomic E-state index is -0.0514. The minimum absolute atomic E-state index is 0.0514. The Morgan fingerprint density at radius 3 is 2.58 bits per heavy atom. The van der Waals surface area contributed by atoms with Gasteiger partial charge in [0.15, 0.2) is 5.82 Å². The first-order valence-corrected chi connectivity index (χ1v) is 8.58. The number of thioether (sulfide) groups is 1. The molecule has 1 amide bonds. The zero-order valence-corrected chi connectivity index (χ0v) is 14.4. The Kier molecular flexibility index (Phi) is 4.96. The molecular weight excluding hydrogens is 320 g/mol. The van der Waals surface area contributed by atoms with Crippen molar-refractivity contribution >= 4 is 23.4 Å². The molecule has 1 aromatic carbocycles. The predicted octanol–water partition coefficient (Wildman–Crippen LogP) is 3.61. The minimum Gasteiger partial charge on any atom is -0.324 e. The SMILES string of the molecule is Cc1cc(C)n(-c2ccc(NC(=O)CSc3ccccc3)cn2)n1. The van der Waals surface area contributed by atoms with E-state index in [0.717, 1.165) is 22.1 Å². The highest BCUT2D eigenvalue weighted by molar-refractivity contribution is 8.00. The largest absolute Gasteiger partial charge is 0.324 e. The van der Waals surface area contributed by atoms with Crippen LogP contribution in [0.1, 0.15) is 11.4 Å². The molecule has 24 heavy (non-hydrogen) atoms. The average molecular weight is 338 g/mol. The van der Waals surface area contributed by atoms with Crippen molar-refractivity contribution in [2.75, 3.05) is 11.1 Å². The molecule has 1 N–H and O–H groups in total. The average Bonchev–Trinajstić information content (AvgIpc) is 2.93. The molecule has 5 nitrogen and oxygen atoms in total. The van der Waals surface area contributed by atoms with E-state index in [2.05, 4.69) is 15.4 Å². The summed E-state index contributed by atoms with van der Waals surface area (Å²) in [4.78, 5) is 17.5. The second kappa shape index (κ2) is 7.31. The topological polar surface area (TPSA) is 59.8 Å². The van der Waals surface area contributed by atoms with Crippen LogP contribution in [0, 0.1) is 13.8 Å². The van der Waals surface area contributed by atoms with Crippen molar-refractivity contribution in [2.45, 2.75) is 18.7 Å². The number of amides is 1. The van der Waals surface area contributed by atoms with Crippen molar-refractivity contribution in [1.29, 1.82) is 0 Å². The Morgan fingerprint density at radius 1 is 1.17 bits per heavy atom. The molecule has 0 aliphatic rings. The van der Waals surface area contributed by atoms with Crippen LogP contribution in [-0.2, 0) is 4.79 Å². The van der Waals surface area contributed by atoms with Crippen molar-refractivity contribution < 1.29 is 4.79 Å². The molecule has 0 spiro atoms. The Balaban J connectivity index is 1.60. The van der Waals surface area contributed by atoms with Crippen molar-refractivity contribution in [2.24, 2.45) is 0 Å². The van der Waals surface area contributed by atoms with Crippen molar-refractivity contribution in [3.8, 4) is 5.82 Å².